The minimum atomic E-state index is -1.30. The molecule has 0 saturated heterocycles. The number of carbonyl (C=O) groups is 1. The van der Waals surface area contributed by atoms with Gasteiger partial charge < -0.3 is 10.8 Å². The van der Waals surface area contributed by atoms with Gasteiger partial charge in [-0.2, -0.15) is 0 Å². The van der Waals surface area contributed by atoms with E-state index in [1.165, 1.54) is 6.07 Å². The summed E-state index contributed by atoms with van der Waals surface area (Å²) in [6.45, 7) is 3.45. The van der Waals surface area contributed by atoms with E-state index in [0.717, 1.165) is 5.56 Å². The lowest BCUT2D eigenvalue weighted by Gasteiger charge is -2.13. The maximum atomic E-state index is 13.3. The number of carboxylic acids is 1. The highest BCUT2D eigenvalue weighted by atomic mass is 19.1. The largest absolute Gasteiger partial charge is 0.480 e. The minimum Gasteiger partial charge on any atom is -0.480 e. The van der Waals surface area contributed by atoms with E-state index in [1.807, 2.05) is 0 Å². The van der Waals surface area contributed by atoms with Crippen molar-refractivity contribution < 1.29 is 14.3 Å². The Balaban J connectivity index is 3.32. The van der Waals surface area contributed by atoms with Crippen LogP contribution in [0.3, 0.4) is 0 Å². The van der Waals surface area contributed by atoms with Crippen molar-refractivity contribution in [1.82, 2.24) is 0 Å². The van der Waals surface area contributed by atoms with Crippen molar-refractivity contribution >= 4 is 5.97 Å². The zero-order valence-electron chi connectivity index (χ0n) is 8.04. The monoisotopic (exact) mass is 197 g/mol. The van der Waals surface area contributed by atoms with Gasteiger partial charge in [0.1, 0.15) is 11.9 Å². The molecule has 0 spiro atoms. The fraction of sp³-hybridized carbons (Fsp3) is 0.300. The molecule has 0 aliphatic carbocycles. The lowest BCUT2D eigenvalue weighted by Crippen LogP contribution is -2.23. The first-order valence-corrected chi connectivity index (χ1v) is 4.19. The van der Waals surface area contributed by atoms with Crippen molar-refractivity contribution in [2.45, 2.75) is 19.9 Å². The van der Waals surface area contributed by atoms with E-state index in [-0.39, 0.29) is 5.56 Å². The summed E-state index contributed by atoms with van der Waals surface area (Å²) >= 11 is 0. The molecule has 0 aromatic heterocycles. The van der Waals surface area contributed by atoms with E-state index in [0.29, 0.717) is 5.56 Å². The Morgan fingerprint density at radius 3 is 2.57 bits per heavy atom. The van der Waals surface area contributed by atoms with Crippen LogP contribution >= 0.6 is 0 Å². The number of hydrogen-bond donors (Lipinski definition) is 2. The van der Waals surface area contributed by atoms with E-state index in [2.05, 4.69) is 0 Å². The Kier molecular flexibility index (Phi) is 2.86. The zero-order valence-corrected chi connectivity index (χ0v) is 8.04. The smallest absolute Gasteiger partial charge is 0.325 e. The topological polar surface area (TPSA) is 63.3 Å². The molecule has 1 aromatic rings. The van der Waals surface area contributed by atoms with Gasteiger partial charge in [0.2, 0.25) is 0 Å². The van der Waals surface area contributed by atoms with Gasteiger partial charge >= 0.3 is 5.97 Å². The van der Waals surface area contributed by atoms with Crippen LogP contribution in [0.1, 0.15) is 22.7 Å². The number of benzene rings is 1. The predicted molar refractivity (Wildman–Crippen MR) is 50.4 cm³/mol. The zero-order chi connectivity index (χ0) is 10.9. The van der Waals surface area contributed by atoms with E-state index in [1.54, 1.807) is 19.9 Å². The van der Waals surface area contributed by atoms with Gasteiger partial charge in [-0.25, -0.2) is 4.39 Å². The van der Waals surface area contributed by atoms with Crippen LogP contribution < -0.4 is 5.73 Å². The average molecular weight is 197 g/mol. The van der Waals surface area contributed by atoms with Gasteiger partial charge in [-0.1, -0.05) is 6.07 Å². The highest BCUT2D eigenvalue weighted by molar-refractivity contribution is 5.76. The van der Waals surface area contributed by atoms with Crippen LogP contribution in [0.15, 0.2) is 12.1 Å². The van der Waals surface area contributed by atoms with Crippen LogP contribution in [0.5, 0.6) is 0 Å². The molecule has 4 heteroatoms. The third-order valence-electron chi connectivity index (χ3n) is 2.31. The molecule has 0 bridgehead atoms. The molecule has 1 unspecified atom stereocenters. The van der Waals surface area contributed by atoms with Crippen molar-refractivity contribution in [1.29, 1.82) is 0 Å². The molecule has 3 nitrogen and oxygen atoms in total. The summed E-state index contributed by atoms with van der Waals surface area (Å²) in [5.41, 5.74) is 6.86. The Morgan fingerprint density at radius 2 is 2.07 bits per heavy atom. The summed E-state index contributed by atoms with van der Waals surface area (Å²) in [4.78, 5) is 10.6. The summed E-state index contributed by atoms with van der Waals surface area (Å²) in [7, 11) is 0. The van der Waals surface area contributed by atoms with Crippen LogP contribution in [0.2, 0.25) is 0 Å². The number of nitrogens with two attached hydrogens (primary N) is 1. The van der Waals surface area contributed by atoms with Crippen molar-refractivity contribution in [3.05, 3.63) is 34.6 Å². The number of rotatable bonds is 2. The highest BCUT2D eigenvalue weighted by Crippen LogP contribution is 2.22. The van der Waals surface area contributed by atoms with Crippen LogP contribution in [-0.4, -0.2) is 11.1 Å². The Morgan fingerprint density at radius 1 is 1.50 bits per heavy atom. The standard InChI is InChI=1S/C10H12FNO2/c1-5-3-4-7(11)8(6(5)2)9(12)10(13)14/h3-4,9H,12H2,1-2H3,(H,13,14). The van der Waals surface area contributed by atoms with Crippen molar-refractivity contribution in [2.24, 2.45) is 5.73 Å². The number of carboxylic acid groups (broad SMARTS) is 1. The molecule has 0 fully saturated rings. The van der Waals surface area contributed by atoms with Crippen LogP contribution in [0, 0.1) is 19.7 Å². The maximum Gasteiger partial charge on any atom is 0.325 e. The number of aryl methyl sites for hydroxylation is 1. The van der Waals surface area contributed by atoms with E-state index < -0.39 is 17.8 Å². The fourth-order valence-electron chi connectivity index (χ4n) is 1.31. The normalized spacial score (nSPS) is 12.6. The Hall–Kier alpha value is -1.42. The molecule has 0 aliphatic rings. The first kappa shape index (κ1) is 10.7. The first-order valence-electron chi connectivity index (χ1n) is 4.19. The van der Waals surface area contributed by atoms with Crippen molar-refractivity contribution in [3.8, 4) is 0 Å². The van der Waals surface area contributed by atoms with Gasteiger partial charge in [-0.3, -0.25) is 4.79 Å². The summed E-state index contributed by atoms with van der Waals surface area (Å²) in [5.74, 6) is -1.79. The van der Waals surface area contributed by atoms with Crippen LogP contribution in [-0.2, 0) is 4.79 Å². The van der Waals surface area contributed by atoms with Crippen molar-refractivity contribution in [2.75, 3.05) is 0 Å². The molecule has 0 heterocycles. The SMILES string of the molecule is Cc1ccc(F)c(C(N)C(=O)O)c1C. The number of aliphatic carboxylic acids is 1. The third kappa shape index (κ3) is 1.75. The second-order valence-electron chi connectivity index (χ2n) is 3.22. The molecule has 76 valence electrons. The fourth-order valence-corrected chi connectivity index (χ4v) is 1.31. The molecule has 0 amide bonds. The van der Waals surface area contributed by atoms with Gasteiger partial charge in [0, 0.05) is 5.56 Å². The minimum absolute atomic E-state index is 0.0671. The van der Waals surface area contributed by atoms with Crippen LogP contribution in [0.25, 0.3) is 0 Å². The van der Waals surface area contributed by atoms with Gasteiger partial charge in [0.05, 0.1) is 0 Å². The predicted octanol–water partition coefficient (Wildman–Crippen LogP) is 1.53. The molecular weight excluding hydrogens is 185 g/mol. The molecule has 1 atom stereocenters. The van der Waals surface area contributed by atoms with Gasteiger partial charge in [0.15, 0.2) is 0 Å². The van der Waals surface area contributed by atoms with Gasteiger partial charge in [-0.15, -0.1) is 0 Å². The first-order chi connectivity index (χ1) is 6.45. The average Bonchev–Trinajstić information content (AvgIpc) is 2.12. The third-order valence-corrected chi connectivity index (χ3v) is 2.31. The summed E-state index contributed by atoms with van der Waals surface area (Å²) in [6.07, 6.45) is 0. The second kappa shape index (κ2) is 3.75. The summed E-state index contributed by atoms with van der Waals surface area (Å²) < 4.78 is 13.3. The summed E-state index contributed by atoms with van der Waals surface area (Å²) in [5, 5.41) is 8.68. The number of halogens is 1. The van der Waals surface area contributed by atoms with E-state index in [4.69, 9.17) is 10.8 Å². The van der Waals surface area contributed by atoms with Crippen LogP contribution in [0.4, 0.5) is 4.39 Å². The van der Waals surface area contributed by atoms with Crippen molar-refractivity contribution in [3.63, 3.8) is 0 Å². The van der Waals surface area contributed by atoms with E-state index >= 15 is 0 Å². The molecule has 1 aromatic carbocycles. The molecule has 0 radical (unpaired) electrons. The quantitative estimate of drug-likeness (QED) is 0.755. The molecular formula is C10H12FNO2. The molecule has 1 rings (SSSR count). The molecule has 14 heavy (non-hydrogen) atoms. The van der Waals surface area contributed by atoms with Gasteiger partial charge in [0.25, 0.3) is 0 Å². The maximum absolute atomic E-state index is 13.3. The number of hydrogen-bond acceptors (Lipinski definition) is 2. The lowest BCUT2D eigenvalue weighted by atomic mass is 9.97. The molecule has 0 saturated carbocycles. The second-order valence-corrected chi connectivity index (χ2v) is 3.22. The summed E-state index contributed by atoms with van der Waals surface area (Å²) in [6, 6.07) is 1.54. The Bertz CT molecular complexity index is 377. The van der Waals surface area contributed by atoms with Gasteiger partial charge in [-0.05, 0) is 31.0 Å². The Labute approximate surface area is 81.4 Å². The lowest BCUT2D eigenvalue weighted by molar-refractivity contribution is -0.138. The molecule has 3 N–H and O–H groups in total. The molecule has 0 aliphatic heterocycles. The van der Waals surface area contributed by atoms with E-state index in [9.17, 15) is 9.18 Å². The highest BCUT2D eigenvalue weighted by Gasteiger charge is 2.21.